The Hall–Kier alpha value is -4.06. The minimum absolute atomic E-state index is 0.438. The van der Waals surface area contributed by atoms with E-state index in [1.807, 2.05) is 66.7 Å². The molecule has 140 valence electrons. The Labute approximate surface area is 167 Å². The third-order valence-electron chi connectivity index (χ3n) is 4.66. The van der Waals surface area contributed by atoms with Crippen molar-refractivity contribution in [3.8, 4) is 11.3 Å². The predicted octanol–water partition coefficient (Wildman–Crippen LogP) is 4.93. The molecule has 0 atom stereocenters. The molecular formula is C23H18N6. The van der Waals surface area contributed by atoms with Crippen LogP contribution in [0, 0.1) is 6.92 Å². The maximum absolute atomic E-state index is 4.72. The first-order chi connectivity index (χ1) is 14.3. The zero-order valence-corrected chi connectivity index (χ0v) is 15.8. The molecule has 0 saturated carbocycles. The molecule has 0 fully saturated rings. The van der Waals surface area contributed by atoms with Crippen LogP contribution < -0.4 is 5.43 Å². The Balaban J connectivity index is 1.50. The number of aryl methyl sites for hydroxylation is 1. The molecule has 0 saturated heterocycles. The van der Waals surface area contributed by atoms with Gasteiger partial charge >= 0.3 is 0 Å². The minimum Gasteiger partial charge on any atom is -0.337 e. The van der Waals surface area contributed by atoms with Gasteiger partial charge in [-0.15, -0.1) is 0 Å². The summed E-state index contributed by atoms with van der Waals surface area (Å²) < 4.78 is 0. The summed E-state index contributed by atoms with van der Waals surface area (Å²) in [5.74, 6) is 1.10. The summed E-state index contributed by atoms with van der Waals surface area (Å²) in [7, 11) is 0. The molecule has 2 heterocycles. The lowest BCUT2D eigenvalue weighted by Gasteiger charge is -2.09. The molecule has 0 aliphatic carbocycles. The van der Waals surface area contributed by atoms with Crippen molar-refractivity contribution in [2.24, 2.45) is 5.10 Å². The van der Waals surface area contributed by atoms with Crippen LogP contribution in [0.15, 0.2) is 77.9 Å². The highest BCUT2D eigenvalue weighted by atomic mass is 15.3. The van der Waals surface area contributed by atoms with Crippen molar-refractivity contribution >= 4 is 34.1 Å². The molecule has 0 aliphatic heterocycles. The van der Waals surface area contributed by atoms with E-state index in [1.165, 1.54) is 5.56 Å². The van der Waals surface area contributed by atoms with Crippen LogP contribution in [0.3, 0.4) is 0 Å². The van der Waals surface area contributed by atoms with Gasteiger partial charge in [0.15, 0.2) is 5.82 Å². The van der Waals surface area contributed by atoms with Gasteiger partial charge in [-0.2, -0.15) is 5.10 Å². The smallest absolute Gasteiger partial charge is 0.244 e. The molecule has 5 rings (SSSR count). The number of hydrogen-bond donors (Lipinski definition) is 2. The van der Waals surface area contributed by atoms with Gasteiger partial charge in [0, 0.05) is 10.9 Å². The van der Waals surface area contributed by atoms with Crippen LogP contribution in [0.2, 0.25) is 0 Å². The van der Waals surface area contributed by atoms with Gasteiger partial charge in [-0.1, -0.05) is 54.1 Å². The third kappa shape index (κ3) is 3.43. The molecule has 3 aromatic carbocycles. The first-order valence-electron chi connectivity index (χ1n) is 9.34. The number of aromatic nitrogens is 4. The average molecular weight is 378 g/mol. The van der Waals surface area contributed by atoms with Crippen LogP contribution in [0.4, 0.5) is 5.95 Å². The summed E-state index contributed by atoms with van der Waals surface area (Å²) in [5, 5.41) is 5.29. The van der Waals surface area contributed by atoms with Crippen LogP contribution in [-0.4, -0.2) is 26.2 Å². The van der Waals surface area contributed by atoms with Crippen molar-refractivity contribution < 1.29 is 0 Å². The average Bonchev–Trinajstić information content (AvgIpc) is 3.17. The molecule has 0 amide bonds. The zero-order valence-electron chi connectivity index (χ0n) is 15.8. The van der Waals surface area contributed by atoms with E-state index in [9.17, 15) is 0 Å². The topological polar surface area (TPSA) is 78.9 Å². The number of aromatic amines is 1. The number of fused-ring (bicyclic) bond motifs is 2. The normalized spacial score (nSPS) is 11.5. The van der Waals surface area contributed by atoms with Crippen molar-refractivity contribution in [1.82, 2.24) is 19.9 Å². The number of imidazole rings is 1. The SMILES string of the molecule is Cc1ccc2nc(NN=Cc3nc4ccccc4[nH]3)nc(-c3ccccc3)c2c1. The highest BCUT2D eigenvalue weighted by Gasteiger charge is 2.10. The number of nitrogens with zero attached hydrogens (tertiary/aromatic N) is 4. The van der Waals surface area contributed by atoms with Gasteiger partial charge in [-0.3, -0.25) is 0 Å². The monoisotopic (exact) mass is 378 g/mol. The van der Waals surface area contributed by atoms with Crippen molar-refractivity contribution in [3.63, 3.8) is 0 Å². The lowest BCUT2D eigenvalue weighted by Crippen LogP contribution is -2.00. The Morgan fingerprint density at radius 3 is 2.55 bits per heavy atom. The molecule has 0 bridgehead atoms. The Morgan fingerprint density at radius 1 is 0.862 bits per heavy atom. The number of anilines is 1. The molecular weight excluding hydrogens is 360 g/mol. The van der Waals surface area contributed by atoms with E-state index in [0.717, 1.165) is 33.2 Å². The molecule has 6 heteroatoms. The largest absolute Gasteiger partial charge is 0.337 e. The number of H-pyrrole nitrogens is 1. The summed E-state index contributed by atoms with van der Waals surface area (Å²) in [6, 6.07) is 24.1. The van der Waals surface area contributed by atoms with Crippen molar-refractivity contribution in [1.29, 1.82) is 0 Å². The zero-order chi connectivity index (χ0) is 19.6. The van der Waals surface area contributed by atoms with Gasteiger partial charge in [0.1, 0.15) is 0 Å². The summed E-state index contributed by atoms with van der Waals surface area (Å²) in [5.41, 5.74) is 8.76. The first kappa shape index (κ1) is 17.1. The summed E-state index contributed by atoms with van der Waals surface area (Å²) >= 11 is 0. The molecule has 0 aliphatic rings. The lowest BCUT2D eigenvalue weighted by atomic mass is 10.0. The maximum Gasteiger partial charge on any atom is 0.244 e. The Morgan fingerprint density at radius 2 is 1.69 bits per heavy atom. The predicted molar refractivity (Wildman–Crippen MR) is 117 cm³/mol. The Kier molecular flexibility index (Phi) is 4.22. The van der Waals surface area contributed by atoms with Gasteiger partial charge in [-0.25, -0.2) is 20.4 Å². The standard InChI is InChI=1S/C23H18N6/c1-15-11-12-18-17(13-15)22(16-7-3-2-4-8-16)28-23(27-18)29-24-14-21-25-19-9-5-6-10-20(19)26-21/h2-14H,1H3,(H,25,26)(H,27,28,29). The van der Waals surface area contributed by atoms with Gasteiger partial charge < -0.3 is 4.98 Å². The van der Waals surface area contributed by atoms with Crippen LogP contribution in [0.1, 0.15) is 11.4 Å². The van der Waals surface area contributed by atoms with E-state index >= 15 is 0 Å². The fraction of sp³-hybridized carbons (Fsp3) is 0.0435. The fourth-order valence-electron chi connectivity index (χ4n) is 3.29. The summed E-state index contributed by atoms with van der Waals surface area (Å²) in [6.45, 7) is 2.07. The maximum atomic E-state index is 4.72. The molecule has 0 radical (unpaired) electrons. The van der Waals surface area contributed by atoms with E-state index in [4.69, 9.17) is 4.98 Å². The number of hydrogen-bond acceptors (Lipinski definition) is 5. The van der Waals surface area contributed by atoms with E-state index < -0.39 is 0 Å². The van der Waals surface area contributed by atoms with E-state index in [2.05, 4.69) is 38.5 Å². The second-order valence-corrected chi connectivity index (χ2v) is 6.79. The molecule has 2 N–H and O–H groups in total. The highest BCUT2D eigenvalue weighted by Crippen LogP contribution is 2.28. The second kappa shape index (κ2) is 7.16. The first-order valence-corrected chi connectivity index (χ1v) is 9.34. The van der Waals surface area contributed by atoms with E-state index in [-0.39, 0.29) is 0 Å². The molecule has 0 unspecified atom stereocenters. The molecule has 6 nitrogen and oxygen atoms in total. The van der Waals surface area contributed by atoms with Crippen molar-refractivity contribution in [2.45, 2.75) is 6.92 Å². The summed E-state index contributed by atoms with van der Waals surface area (Å²) in [4.78, 5) is 17.0. The van der Waals surface area contributed by atoms with Crippen LogP contribution in [0.5, 0.6) is 0 Å². The number of nitrogens with one attached hydrogen (secondary N) is 2. The number of para-hydroxylation sites is 2. The molecule has 0 spiro atoms. The third-order valence-corrected chi connectivity index (χ3v) is 4.66. The second-order valence-electron chi connectivity index (χ2n) is 6.79. The number of benzene rings is 3. The fourth-order valence-corrected chi connectivity index (χ4v) is 3.29. The van der Waals surface area contributed by atoms with Crippen LogP contribution in [-0.2, 0) is 0 Å². The van der Waals surface area contributed by atoms with Gasteiger partial charge in [0.25, 0.3) is 0 Å². The van der Waals surface area contributed by atoms with Crippen molar-refractivity contribution in [2.75, 3.05) is 5.43 Å². The van der Waals surface area contributed by atoms with E-state index in [1.54, 1.807) is 6.21 Å². The van der Waals surface area contributed by atoms with Gasteiger partial charge in [0.05, 0.1) is 28.5 Å². The van der Waals surface area contributed by atoms with Crippen LogP contribution in [0.25, 0.3) is 33.2 Å². The van der Waals surface area contributed by atoms with Crippen LogP contribution >= 0.6 is 0 Å². The minimum atomic E-state index is 0.438. The number of hydrazone groups is 1. The molecule has 5 aromatic rings. The number of rotatable bonds is 4. The van der Waals surface area contributed by atoms with Crippen molar-refractivity contribution in [3.05, 3.63) is 84.2 Å². The molecule has 2 aromatic heterocycles. The van der Waals surface area contributed by atoms with E-state index in [0.29, 0.717) is 11.8 Å². The lowest BCUT2D eigenvalue weighted by molar-refractivity contribution is 1.15. The summed E-state index contributed by atoms with van der Waals surface area (Å²) in [6.07, 6.45) is 1.63. The van der Waals surface area contributed by atoms with Gasteiger partial charge in [0.2, 0.25) is 5.95 Å². The Bertz CT molecular complexity index is 1300. The highest BCUT2D eigenvalue weighted by molar-refractivity contribution is 5.93. The molecule has 29 heavy (non-hydrogen) atoms. The van der Waals surface area contributed by atoms with Gasteiger partial charge in [-0.05, 0) is 31.2 Å². The quantitative estimate of drug-likeness (QED) is 0.343.